The first kappa shape index (κ1) is 15.7. The Morgan fingerprint density at radius 2 is 2.17 bits per heavy atom. The zero-order valence-electron chi connectivity index (χ0n) is 13.4. The number of carbonyl (C=O) groups excluding carboxylic acids is 1. The molecule has 1 fully saturated rings. The lowest BCUT2D eigenvalue weighted by atomic mass is 10.1. The van der Waals surface area contributed by atoms with Crippen molar-refractivity contribution in [3.05, 3.63) is 48.0 Å². The van der Waals surface area contributed by atoms with Gasteiger partial charge in [0.1, 0.15) is 5.82 Å². The molecule has 6 heteroatoms. The van der Waals surface area contributed by atoms with Crippen molar-refractivity contribution in [1.82, 2.24) is 20.2 Å². The van der Waals surface area contributed by atoms with Crippen molar-refractivity contribution < 1.29 is 9.90 Å². The summed E-state index contributed by atoms with van der Waals surface area (Å²) in [7, 11) is 0. The molecule has 122 valence electrons. The molecule has 1 saturated heterocycles. The number of aliphatic hydroxyl groups excluding tert-OH is 1. The molecule has 2 aromatic rings. The van der Waals surface area contributed by atoms with Gasteiger partial charge in [-0.25, -0.2) is 4.98 Å². The van der Waals surface area contributed by atoms with Crippen molar-refractivity contribution in [3.63, 3.8) is 0 Å². The second-order valence-corrected chi connectivity index (χ2v) is 6.02. The monoisotopic (exact) mass is 314 g/mol. The molecule has 23 heavy (non-hydrogen) atoms. The van der Waals surface area contributed by atoms with Crippen molar-refractivity contribution in [2.24, 2.45) is 0 Å². The highest BCUT2D eigenvalue weighted by atomic mass is 16.3. The van der Waals surface area contributed by atoms with Crippen molar-refractivity contribution in [2.45, 2.75) is 38.5 Å². The zero-order valence-corrected chi connectivity index (χ0v) is 13.4. The molecule has 0 saturated carbocycles. The van der Waals surface area contributed by atoms with Crippen LogP contribution in [0.25, 0.3) is 5.69 Å². The van der Waals surface area contributed by atoms with Gasteiger partial charge in [0.2, 0.25) is 5.91 Å². The second-order valence-electron chi connectivity index (χ2n) is 6.02. The van der Waals surface area contributed by atoms with Crippen LogP contribution >= 0.6 is 0 Å². The fourth-order valence-corrected chi connectivity index (χ4v) is 2.89. The zero-order chi connectivity index (χ0) is 16.4. The van der Waals surface area contributed by atoms with Crippen LogP contribution in [0.3, 0.4) is 0 Å². The van der Waals surface area contributed by atoms with Crippen molar-refractivity contribution in [3.8, 4) is 5.69 Å². The molecule has 1 amide bonds. The minimum atomic E-state index is -0.432. The van der Waals surface area contributed by atoms with Gasteiger partial charge in [-0.2, -0.15) is 0 Å². The van der Waals surface area contributed by atoms with Gasteiger partial charge in [-0.05, 0) is 38.0 Å². The van der Waals surface area contributed by atoms with E-state index in [2.05, 4.69) is 15.6 Å². The number of benzene rings is 1. The van der Waals surface area contributed by atoms with Gasteiger partial charge in [0.15, 0.2) is 0 Å². The van der Waals surface area contributed by atoms with E-state index in [-0.39, 0.29) is 18.0 Å². The van der Waals surface area contributed by atoms with Gasteiger partial charge in [-0.15, -0.1) is 0 Å². The van der Waals surface area contributed by atoms with Gasteiger partial charge in [-0.1, -0.05) is 12.1 Å². The number of nitrogens with one attached hydrogen (secondary N) is 2. The van der Waals surface area contributed by atoms with Crippen LogP contribution in [0.4, 0.5) is 0 Å². The number of imidazole rings is 1. The van der Waals surface area contributed by atoms with E-state index in [0.717, 1.165) is 17.1 Å². The Labute approximate surface area is 135 Å². The molecule has 3 atom stereocenters. The van der Waals surface area contributed by atoms with Crippen LogP contribution in [-0.2, 0) is 4.79 Å². The average Bonchev–Trinajstić information content (AvgIpc) is 3.16. The molecule has 6 nitrogen and oxygen atoms in total. The summed E-state index contributed by atoms with van der Waals surface area (Å²) in [5.41, 5.74) is 2.08. The maximum atomic E-state index is 12.2. The molecule has 3 N–H and O–H groups in total. The molecule has 2 heterocycles. The number of amides is 1. The summed E-state index contributed by atoms with van der Waals surface area (Å²) < 4.78 is 2.01. The smallest absolute Gasteiger partial charge is 0.237 e. The van der Waals surface area contributed by atoms with Gasteiger partial charge in [0.05, 0.1) is 18.2 Å². The number of nitrogens with zero attached hydrogens (tertiary/aromatic N) is 2. The molecule has 1 aromatic heterocycles. The molecule has 0 aliphatic carbocycles. The van der Waals surface area contributed by atoms with E-state index in [4.69, 9.17) is 0 Å². The van der Waals surface area contributed by atoms with E-state index in [1.807, 2.05) is 48.9 Å². The fourth-order valence-electron chi connectivity index (χ4n) is 2.89. The number of hydrogen-bond acceptors (Lipinski definition) is 4. The van der Waals surface area contributed by atoms with E-state index in [1.165, 1.54) is 0 Å². The topological polar surface area (TPSA) is 79.2 Å². The Hall–Kier alpha value is -2.18. The number of aryl methyl sites for hydroxylation is 1. The molecule has 1 aromatic carbocycles. The second kappa shape index (κ2) is 6.52. The number of rotatable bonds is 4. The minimum absolute atomic E-state index is 0.0661. The summed E-state index contributed by atoms with van der Waals surface area (Å²) in [5, 5.41) is 15.5. The maximum absolute atomic E-state index is 12.2. The van der Waals surface area contributed by atoms with Gasteiger partial charge < -0.3 is 20.3 Å². The van der Waals surface area contributed by atoms with Crippen molar-refractivity contribution >= 4 is 5.91 Å². The molecule has 0 radical (unpaired) electrons. The molecular weight excluding hydrogens is 292 g/mol. The summed E-state index contributed by atoms with van der Waals surface area (Å²) in [6.07, 6.45) is 3.73. The average molecular weight is 314 g/mol. The summed E-state index contributed by atoms with van der Waals surface area (Å²) in [6.45, 7) is 4.39. The molecule has 3 rings (SSSR count). The third-order valence-corrected chi connectivity index (χ3v) is 4.28. The Morgan fingerprint density at radius 1 is 1.43 bits per heavy atom. The number of β-amino-alcohol motifs (C(OH)–C–C–N with tert-alkyl or cyclic N) is 1. The van der Waals surface area contributed by atoms with Gasteiger partial charge >= 0.3 is 0 Å². The van der Waals surface area contributed by atoms with E-state index in [9.17, 15) is 9.90 Å². The van der Waals surface area contributed by atoms with Gasteiger partial charge in [-0.3, -0.25) is 4.79 Å². The van der Waals surface area contributed by atoms with Crippen LogP contribution in [0.5, 0.6) is 0 Å². The lowest BCUT2D eigenvalue weighted by molar-refractivity contribution is -0.123. The van der Waals surface area contributed by atoms with Crippen LogP contribution in [0, 0.1) is 6.92 Å². The molecule has 0 spiro atoms. The standard InChI is InChI=1S/C17H22N4O2/c1-11(20-17(23)16-9-15(22)10-19-16)13-3-5-14(6-4-13)21-8-7-18-12(21)2/h3-8,11,15-16,19,22H,9-10H2,1-2H3,(H,20,23)/t11-,15?,16?/m0/s1. The first-order valence-electron chi connectivity index (χ1n) is 7.86. The molecule has 1 aliphatic rings. The number of hydrogen-bond donors (Lipinski definition) is 3. The normalized spacial score (nSPS) is 22.0. The summed E-state index contributed by atoms with van der Waals surface area (Å²) in [6, 6.07) is 7.67. The Balaban J connectivity index is 1.65. The number of aliphatic hydroxyl groups is 1. The lowest BCUT2D eigenvalue weighted by Gasteiger charge is -2.18. The van der Waals surface area contributed by atoms with Crippen molar-refractivity contribution in [2.75, 3.05) is 6.54 Å². The largest absolute Gasteiger partial charge is 0.392 e. The van der Waals surface area contributed by atoms with E-state index in [1.54, 1.807) is 6.20 Å². The lowest BCUT2D eigenvalue weighted by Crippen LogP contribution is -2.41. The third kappa shape index (κ3) is 3.43. The highest BCUT2D eigenvalue weighted by Gasteiger charge is 2.28. The fraction of sp³-hybridized carbons (Fsp3) is 0.412. The first-order chi connectivity index (χ1) is 11.0. The molecule has 1 aliphatic heterocycles. The SMILES string of the molecule is Cc1nccn1-c1ccc([C@H](C)NC(=O)C2CC(O)CN2)cc1. The van der Waals surface area contributed by atoms with Gasteiger partial charge in [0.25, 0.3) is 0 Å². The summed E-state index contributed by atoms with van der Waals surface area (Å²) in [4.78, 5) is 16.4. The predicted octanol–water partition coefficient (Wildman–Crippen LogP) is 1.08. The van der Waals surface area contributed by atoms with E-state index >= 15 is 0 Å². The predicted molar refractivity (Wildman–Crippen MR) is 87.3 cm³/mol. The Kier molecular flexibility index (Phi) is 4.45. The van der Waals surface area contributed by atoms with Crippen LogP contribution in [0.1, 0.15) is 30.8 Å². The van der Waals surface area contributed by atoms with Crippen molar-refractivity contribution in [1.29, 1.82) is 0 Å². The first-order valence-corrected chi connectivity index (χ1v) is 7.86. The molecular formula is C17H22N4O2. The molecule has 2 unspecified atom stereocenters. The summed E-state index contributed by atoms with van der Waals surface area (Å²) >= 11 is 0. The van der Waals surface area contributed by atoms with E-state index in [0.29, 0.717) is 13.0 Å². The number of aromatic nitrogens is 2. The van der Waals surface area contributed by atoms with Crippen LogP contribution in [-0.4, -0.2) is 39.3 Å². The maximum Gasteiger partial charge on any atom is 0.237 e. The van der Waals surface area contributed by atoms with Gasteiger partial charge in [0, 0.05) is 24.6 Å². The minimum Gasteiger partial charge on any atom is -0.392 e. The summed E-state index contributed by atoms with van der Waals surface area (Å²) in [5.74, 6) is 0.869. The van der Waals surface area contributed by atoms with Crippen LogP contribution in [0.15, 0.2) is 36.7 Å². The molecule has 0 bridgehead atoms. The van der Waals surface area contributed by atoms with Crippen LogP contribution < -0.4 is 10.6 Å². The quantitative estimate of drug-likeness (QED) is 0.789. The Morgan fingerprint density at radius 3 is 2.74 bits per heavy atom. The highest BCUT2D eigenvalue weighted by molar-refractivity contribution is 5.82. The van der Waals surface area contributed by atoms with Crippen LogP contribution in [0.2, 0.25) is 0 Å². The van der Waals surface area contributed by atoms with E-state index < -0.39 is 6.10 Å². The highest BCUT2D eigenvalue weighted by Crippen LogP contribution is 2.17. The number of carbonyl (C=O) groups is 1. The Bertz CT molecular complexity index is 680. The third-order valence-electron chi connectivity index (χ3n) is 4.28.